The molecule has 9 heteroatoms. The Balaban J connectivity index is 1.47. The van der Waals surface area contributed by atoms with Crippen LogP contribution in [0.3, 0.4) is 0 Å². The summed E-state index contributed by atoms with van der Waals surface area (Å²) in [4.78, 5) is 4.50. The van der Waals surface area contributed by atoms with Gasteiger partial charge in [0.2, 0.25) is 0 Å². The minimum absolute atomic E-state index is 0.0415. The number of anilines is 2. The van der Waals surface area contributed by atoms with Gasteiger partial charge in [0.1, 0.15) is 11.8 Å². The van der Waals surface area contributed by atoms with Crippen LogP contribution in [0.2, 0.25) is 10.0 Å². The predicted octanol–water partition coefficient (Wildman–Crippen LogP) is 8.10. The van der Waals surface area contributed by atoms with Crippen molar-refractivity contribution in [3.05, 3.63) is 112 Å². The number of hydrogen-bond acceptors (Lipinski definition) is 6. The lowest BCUT2D eigenvalue weighted by atomic mass is 10.0. The van der Waals surface area contributed by atoms with Crippen molar-refractivity contribution in [3.8, 4) is 6.07 Å². The van der Waals surface area contributed by atoms with Crippen LogP contribution in [0, 0.1) is 11.3 Å². The monoisotopic (exact) mass is 568 g/mol. The van der Waals surface area contributed by atoms with Crippen LogP contribution in [0.25, 0.3) is 10.9 Å². The van der Waals surface area contributed by atoms with Crippen molar-refractivity contribution in [1.82, 2.24) is 20.0 Å². The maximum atomic E-state index is 10.00. The molecular formula is C31H27Cl2N7. The average molecular weight is 570 g/mol. The van der Waals surface area contributed by atoms with Crippen LogP contribution in [-0.4, -0.2) is 20.0 Å². The van der Waals surface area contributed by atoms with Gasteiger partial charge in [-0.15, -0.1) is 5.10 Å². The standard InChI is InChI=1S/C31H27Cl2N7/c1-2-27(19-8-4-3-5-9-19)37-29-20(16-34)17-35-30-24(29)14-21(15-26(30)33)36-31(23-10-6-7-11-25(23)32)28-18-40(39-38-28)22-12-13-22/h3-11,14-15,17-18,22,27,31,36H,2,12-13H2,1H3,(H,35,37)/t27-,31+/m1/s1/i31D. The number of pyridine rings is 1. The first-order chi connectivity index (χ1) is 19.9. The molecule has 1 aliphatic rings. The zero-order chi connectivity index (χ0) is 28.6. The van der Waals surface area contributed by atoms with E-state index < -0.39 is 6.02 Å². The fourth-order valence-corrected chi connectivity index (χ4v) is 5.34. The number of benzene rings is 3. The second-order valence-corrected chi connectivity index (χ2v) is 10.6. The fraction of sp³-hybridized carbons (Fsp3) is 0.226. The third-order valence-corrected chi connectivity index (χ3v) is 7.69. The lowest BCUT2D eigenvalue weighted by molar-refractivity contribution is 0.610. The minimum atomic E-state index is -1.58. The maximum Gasteiger partial charge on any atom is 0.110 e. The van der Waals surface area contributed by atoms with E-state index in [1.54, 1.807) is 24.4 Å². The molecule has 5 aromatic rings. The molecule has 0 unspecified atom stereocenters. The summed E-state index contributed by atoms with van der Waals surface area (Å²) in [5.41, 5.74) is 4.17. The first-order valence-corrected chi connectivity index (χ1v) is 14.0. The summed E-state index contributed by atoms with van der Waals surface area (Å²) in [5, 5.41) is 27.1. The van der Waals surface area contributed by atoms with E-state index in [-0.39, 0.29) is 6.04 Å². The first kappa shape index (κ1) is 24.9. The van der Waals surface area contributed by atoms with Crippen molar-refractivity contribution in [1.29, 1.82) is 5.26 Å². The number of fused-ring (bicyclic) bond motifs is 1. The quantitative estimate of drug-likeness (QED) is 0.186. The molecule has 1 aliphatic carbocycles. The highest BCUT2D eigenvalue weighted by molar-refractivity contribution is 6.36. The van der Waals surface area contributed by atoms with Gasteiger partial charge in [0, 0.05) is 22.3 Å². The lowest BCUT2D eigenvalue weighted by Gasteiger charge is -2.23. The third kappa shape index (κ3) is 5.21. The van der Waals surface area contributed by atoms with E-state index in [1.807, 2.05) is 41.1 Å². The first-order valence-electron chi connectivity index (χ1n) is 13.7. The predicted molar refractivity (Wildman–Crippen MR) is 160 cm³/mol. The van der Waals surface area contributed by atoms with Crippen molar-refractivity contribution in [2.75, 3.05) is 10.6 Å². The van der Waals surface area contributed by atoms with Gasteiger partial charge >= 0.3 is 0 Å². The number of halogens is 2. The van der Waals surface area contributed by atoms with Crippen molar-refractivity contribution in [3.63, 3.8) is 0 Å². The van der Waals surface area contributed by atoms with Crippen LogP contribution in [0.1, 0.15) is 68.0 Å². The van der Waals surface area contributed by atoms with Crippen LogP contribution in [0.4, 0.5) is 11.4 Å². The Morgan fingerprint density at radius 3 is 2.58 bits per heavy atom. The third-order valence-electron chi connectivity index (χ3n) is 7.07. The molecule has 40 heavy (non-hydrogen) atoms. The molecule has 1 fully saturated rings. The molecule has 2 aromatic heterocycles. The highest BCUT2D eigenvalue weighted by atomic mass is 35.5. The fourth-order valence-electron chi connectivity index (χ4n) is 4.84. The number of nitrogens with one attached hydrogen (secondary N) is 2. The van der Waals surface area contributed by atoms with E-state index in [4.69, 9.17) is 23.2 Å². The van der Waals surface area contributed by atoms with Crippen molar-refractivity contribution in [2.24, 2.45) is 0 Å². The summed E-state index contributed by atoms with van der Waals surface area (Å²) in [7, 11) is 0. The molecule has 2 N–H and O–H groups in total. The van der Waals surface area contributed by atoms with Gasteiger partial charge in [-0.1, -0.05) is 83.9 Å². The molecule has 3 aromatic carbocycles. The molecule has 200 valence electrons. The molecule has 0 saturated heterocycles. The van der Waals surface area contributed by atoms with E-state index in [9.17, 15) is 6.63 Å². The van der Waals surface area contributed by atoms with Crippen LogP contribution in [-0.2, 0) is 0 Å². The summed E-state index contributed by atoms with van der Waals surface area (Å²) in [6.07, 6.45) is 6.22. The number of hydrogen-bond donors (Lipinski definition) is 2. The zero-order valence-corrected chi connectivity index (χ0v) is 23.3. The van der Waals surface area contributed by atoms with Gasteiger partial charge in [-0.05, 0) is 48.6 Å². The molecule has 7 nitrogen and oxygen atoms in total. The molecule has 0 radical (unpaired) electrons. The largest absolute Gasteiger partial charge is 0.377 e. The second-order valence-electron chi connectivity index (χ2n) is 9.82. The van der Waals surface area contributed by atoms with Gasteiger partial charge in [0.15, 0.2) is 0 Å². The molecule has 0 aliphatic heterocycles. The SMILES string of the molecule is [2H][C@@](Nc1cc(Cl)c2ncc(C#N)c(N[C@H](CC)c3ccccc3)c2c1)(c1cn(C2CC2)nn1)c1ccccc1Cl. The normalized spacial score (nSPS) is 15.6. The van der Waals surface area contributed by atoms with E-state index in [0.717, 1.165) is 24.8 Å². The summed E-state index contributed by atoms with van der Waals surface area (Å²) < 4.78 is 11.5. The summed E-state index contributed by atoms with van der Waals surface area (Å²) in [6.45, 7) is 2.09. The van der Waals surface area contributed by atoms with Crippen LogP contribution in [0.15, 0.2) is 79.1 Å². The average Bonchev–Trinajstić information content (AvgIpc) is 3.71. The molecule has 2 atom stereocenters. The summed E-state index contributed by atoms with van der Waals surface area (Å²) >= 11 is 13.4. The Kier molecular flexibility index (Phi) is 6.95. The minimum Gasteiger partial charge on any atom is -0.377 e. The van der Waals surface area contributed by atoms with Crippen molar-refractivity contribution < 1.29 is 1.37 Å². The van der Waals surface area contributed by atoms with Crippen LogP contribution in [0.5, 0.6) is 0 Å². The Morgan fingerprint density at radius 2 is 1.85 bits per heavy atom. The second kappa shape index (κ2) is 11.2. The highest BCUT2D eigenvalue weighted by Gasteiger charge is 2.28. The van der Waals surface area contributed by atoms with Gasteiger partial charge < -0.3 is 10.6 Å². The number of rotatable bonds is 9. The van der Waals surface area contributed by atoms with Gasteiger partial charge in [-0.2, -0.15) is 5.26 Å². The number of aromatic nitrogens is 4. The topological polar surface area (TPSA) is 91.5 Å². The van der Waals surface area contributed by atoms with Crippen molar-refractivity contribution in [2.45, 2.75) is 44.3 Å². The Labute approximate surface area is 244 Å². The van der Waals surface area contributed by atoms with Gasteiger partial charge in [0.25, 0.3) is 0 Å². The van der Waals surface area contributed by atoms with Crippen LogP contribution >= 0.6 is 23.2 Å². The number of nitrogens with zero attached hydrogens (tertiary/aromatic N) is 5. The van der Waals surface area contributed by atoms with Crippen molar-refractivity contribution >= 4 is 45.5 Å². The molecule has 1 saturated carbocycles. The molecule has 0 bridgehead atoms. The molecular weight excluding hydrogens is 541 g/mol. The lowest BCUT2D eigenvalue weighted by Crippen LogP contribution is -2.14. The van der Waals surface area contributed by atoms with Crippen LogP contribution < -0.4 is 10.6 Å². The summed E-state index contributed by atoms with van der Waals surface area (Å²) in [6, 6.07) is 21.9. The highest BCUT2D eigenvalue weighted by Crippen LogP contribution is 2.39. The maximum absolute atomic E-state index is 10.00. The molecule has 6 rings (SSSR count). The smallest absolute Gasteiger partial charge is 0.110 e. The summed E-state index contributed by atoms with van der Waals surface area (Å²) in [5.74, 6) is 0. The van der Waals surface area contributed by atoms with Gasteiger partial charge in [0.05, 0.1) is 47.5 Å². The van der Waals surface area contributed by atoms with E-state index in [1.165, 1.54) is 6.20 Å². The number of nitriles is 1. The van der Waals surface area contributed by atoms with E-state index in [2.05, 4.69) is 51.1 Å². The zero-order valence-electron chi connectivity index (χ0n) is 22.8. The Morgan fingerprint density at radius 1 is 1.07 bits per heavy atom. The molecule has 0 amide bonds. The van der Waals surface area contributed by atoms with Gasteiger partial charge in [-0.25, -0.2) is 4.68 Å². The van der Waals surface area contributed by atoms with E-state index in [0.29, 0.717) is 55.2 Å². The Bertz CT molecular complexity index is 1760. The molecule has 0 spiro atoms. The van der Waals surface area contributed by atoms with Gasteiger partial charge in [-0.3, -0.25) is 4.98 Å². The van der Waals surface area contributed by atoms with E-state index >= 15 is 0 Å². The Hall–Kier alpha value is -4.12. The molecule has 2 heterocycles.